The summed E-state index contributed by atoms with van der Waals surface area (Å²) in [6.45, 7) is 5.39. The van der Waals surface area contributed by atoms with Crippen molar-refractivity contribution in [2.24, 2.45) is 0 Å². The number of fused-ring (bicyclic) bond motifs is 1. The van der Waals surface area contributed by atoms with Crippen LogP contribution in [0.2, 0.25) is 5.02 Å². The first kappa shape index (κ1) is 30.0. The minimum absolute atomic E-state index is 0.00584. The van der Waals surface area contributed by atoms with Crippen LogP contribution in [-0.2, 0) is 29.1 Å². The van der Waals surface area contributed by atoms with Crippen molar-refractivity contribution in [1.82, 2.24) is 19.8 Å². The van der Waals surface area contributed by atoms with E-state index < -0.39 is 27.1 Å². The first-order valence-corrected chi connectivity index (χ1v) is 15.4. The number of alkyl halides is 3. The van der Waals surface area contributed by atoms with Crippen LogP contribution in [0.1, 0.15) is 43.4 Å². The van der Waals surface area contributed by atoms with Gasteiger partial charge in [0.05, 0.1) is 40.0 Å². The number of piperidine rings is 1. The summed E-state index contributed by atoms with van der Waals surface area (Å²) in [7, 11) is -3.64. The second-order valence-corrected chi connectivity index (χ2v) is 13.1. The number of likely N-dealkylation sites (tertiary alicyclic amines) is 1. The van der Waals surface area contributed by atoms with Gasteiger partial charge in [-0.2, -0.15) is 13.2 Å². The Morgan fingerprint density at radius 2 is 1.95 bits per heavy atom. The molecule has 2 aromatic carbocycles. The molecule has 1 saturated heterocycles. The zero-order chi connectivity index (χ0) is 28.5. The van der Waals surface area contributed by atoms with E-state index >= 15 is 0 Å². The van der Waals surface area contributed by atoms with Crippen LogP contribution in [-0.4, -0.2) is 54.3 Å². The van der Waals surface area contributed by atoms with Crippen molar-refractivity contribution in [2.45, 2.75) is 56.9 Å². The van der Waals surface area contributed by atoms with Crippen molar-refractivity contribution in [2.75, 3.05) is 25.4 Å². The summed E-state index contributed by atoms with van der Waals surface area (Å²) in [5.74, 6) is -0.163. The molecule has 4 rings (SSSR count). The Kier molecular flexibility index (Phi) is 9.12. The molecule has 0 radical (unpaired) electrons. The number of likely N-dealkylation sites (N-methyl/N-ethyl adjacent to an activating group) is 1. The molecule has 1 aromatic heterocycles. The lowest BCUT2D eigenvalue weighted by Gasteiger charge is -2.34. The molecule has 212 valence electrons. The van der Waals surface area contributed by atoms with Gasteiger partial charge < -0.3 is 5.32 Å². The summed E-state index contributed by atoms with van der Waals surface area (Å²) >= 11 is 9.42. The Bertz CT molecular complexity index is 1540. The van der Waals surface area contributed by atoms with E-state index in [1.165, 1.54) is 31.5 Å². The number of sulfone groups is 1. The van der Waals surface area contributed by atoms with Crippen LogP contribution in [0.25, 0.3) is 10.9 Å². The number of nitrogens with one attached hydrogen (secondary N) is 1. The summed E-state index contributed by atoms with van der Waals surface area (Å²) in [5.41, 5.74) is -1.22. The Hall–Kier alpha value is -1.99. The lowest BCUT2D eigenvalue weighted by atomic mass is 10.0. The molecular formula is C26H29BrClF3N4O3S. The zero-order valence-electron chi connectivity index (χ0n) is 21.5. The average molecular weight is 650 g/mol. The highest BCUT2D eigenvalue weighted by atomic mass is 79.9. The molecule has 1 N–H and O–H groups in total. The SMILES string of the molecule is CCNC1CCCN(Cc2c(C(F)(F)F)cc3c(=O)n(Cc4cc(Cl)ccc4S(=O)(=O)CC)cnc3c2Br)C1. The number of nitrogens with zero attached hydrogens (tertiary/aromatic N) is 3. The van der Waals surface area contributed by atoms with Crippen molar-refractivity contribution < 1.29 is 21.6 Å². The molecule has 0 saturated carbocycles. The van der Waals surface area contributed by atoms with Gasteiger partial charge in [-0.05, 0) is 77.3 Å². The van der Waals surface area contributed by atoms with Crippen molar-refractivity contribution in [3.8, 4) is 0 Å². The van der Waals surface area contributed by atoms with Gasteiger partial charge in [-0.25, -0.2) is 13.4 Å². The minimum atomic E-state index is -4.70. The molecule has 1 atom stereocenters. The molecule has 7 nitrogen and oxygen atoms in total. The first-order valence-electron chi connectivity index (χ1n) is 12.6. The second-order valence-electron chi connectivity index (χ2n) is 9.58. The number of benzene rings is 2. The number of aromatic nitrogens is 2. The number of hydrogen-bond acceptors (Lipinski definition) is 6. The fourth-order valence-electron chi connectivity index (χ4n) is 5.02. The molecule has 2 heterocycles. The summed E-state index contributed by atoms with van der Waals surface area (Å²) < 4.78 is 69.3. The van der Waals surface area contributed by atoms with Gasteiger partial charge in [0, 0.05) is 28.6 Å². The fraction of sp³-hybridized carbons (Fsp3) is 0.462. The number of halogens is 5. The predicted octanol–water partition coefficient (Wildman–Crippen LogP) is 5.25. The van der Waals surface area contributed by atoms with E-state index in [0.717, 1.165) is 30.0 Å². The van der Waals surface area contributed by atoms with Gasteiger partial charge in [-0.1, -0.05) is 25.4 Å². The largest absolute Gasteiger partial charge is 0.416 e. The summed E-state index contributed by atoms with van der Waals surface area (Å²) in [4.78, 5) is 19.7. The third-order valence-corrected chi connectivity index (χ3v) is 9.84. The molecule has 13 heteroatoms. The standard InChI is InChI=1S/C26H29BrClF3N4O3S/c1-3-32-18-6-5-9-34(13-18)14-20-21(26(29,30)31)11-19-24(23(20)27)33-15-35(25(19)36)12-16-10-17(28)7-8-22(16)39(37,38)4-2/h7-8,10-11,15,18,32H,3-6,9,12-14H2,1-2H3. The predicted molar refractivity (Wildman–Crippen MR) is 149 cm³/mol. The second kappa shape index (κ2) is 11.9. The normalized spacial score (nSPS) is 17.2. The van der Waals surface area contributed by atoms with Crippen molar-refractivity contribution in [3.05, 3.63) is 67.1 Å². The Balaban J connectivity index is 1.79. The quantitative estimate of drug-likeness (QED) is 0.359. The monoisotopic (exact) mass is 648 g/mol. The summed E-state index contributed by atoms with van der Waals surface area (Å²) in [6, 6.07) is 5.29. The Morgan fingerprint density at radius 3 is 2.62 bits per heavy atom. The van der Waals surface area contributed by atoms with E-state index in [2.05, 4.69) is 26.2 Å². The number of rotatable bonds is 8. The van der Waals surface area contributed by atoms with Gasteiger partial charge in [0.15, 0.2) is 9.84 Å². The van der Waals surface area contributed by atoms with Gasteiger partial charge in [0.1, 0.15) is 0 Å². The van der Waals surface area contributed by atoms with Crippen molar-refractivity contribution in [3.63, 3.8) is 0 Å². The van der Waals surface area contributed by atoms with Crippen LogP contribution in [0.15, 0.2) is 44.8 Å². The minimum Gasteiger partial charge on any atom is -0.313 e. The maximum Gasteiger partial charge on any atom is 0.416 e. The lowest BCUT2D eigenvalue weighted by molar-refractivity contribution is -0.138. The molecule has 0 aliphatic carbocycles. The van der Waals surface area contributed by atoms with Crippen LogP contribution >= 0.6 is 27.5 Å². The maximum absolute atomic E-state index is 14.3. The van der Waals surface area contributed by atoms with Gasteiger partial charge in [-0.3, -0.25) is 14.3 Å². The van der Waals surface area contributed by atoms with Crippen LogP contribution in [0, 0.1) is 0 Å². The maximum atomic E-state index is 14.3. The van der Waals surface area contributed by atoms with Gasteiger partial charge >= 0.3 is 6.18 Å². The molecule has 1 aliphatic heterocycles. The van der Waals surface area contributed by atoms with Crippen LogP contribution in [0.5, 0.6) is 0 Å². The highest BCUT2D eigenvalue weighted by molar-refractivity contribution is 9.10. The highest BCUT2D eigenvalue weighted by Gasteiger charge is 2.36. The first-order chi connectivity index (χ1) is 18.4. The van der Waals surface area contributed by atoms with Gasteiger partial charge in [0.25, 0.3) is 5.56 Å². The van der Waals surface area contributed by atoms with Crippen molar-refractivity contribution in [1.29, 1.82) is 0 Å². The summed E-state index contributed by atoms with van der Waals surface area (Å²) in [5, 5.41) is 3.42. The van der Waals surface area contributed by atoms with E-state index in [-0.39, 0.29) is 61.3 Å². The smallest absolute Gasteiger partial charge is 0.313 e. The molecule has 1 fully saturated rings. The Morgan fingerprint density at radius 1 is 1.21 bits per heavy atom. The number of hydrogen-bond donors (Lipinski definition) is 1. The van der Waals surface area contributed by atoms with E-state index in [0.29, 0.717) is 13.1 Å². The third kappa shape index (κ3) is 6.51. The fourth-order valence-corrected chi connectivity index (χ4v) is 6.97. The van der Waals surface area contributed by atoms with E-state index in [4.69, 9.17) is 11.6 Å². The highest BCUT2D eigenvalue weighted by Crippen LogP contribution is 2.39. The molecule has 1 unspecified atom stereocenters. The molecule has 0 bridgehead atoms. The van der Waals surface area contributed by atoms with E-state index in [1.54, 1.807) is 0 Å². The average Bonchev–Trinajstić information content (AvgIpc) is 2.87. The van der Waals surface area contributed by atoms with E-state index in [1.807, 2.05) is 11.8 Å². The summed E-state index contributed by atoms with van der Waals surface area (Å²) in [6.07, 6.45) is -1.65. The Labute approximate surface area is 238 Å². The van der Waals surface area contributed by atoms with Crippen LogP contribution < -0.4 is 10.9 Å². The molecule has 3 aromatic rings. The van der Waals surface area contributed by atoms with Gasteiger partial charge in [-0.15, -0.1) is 0 Å². The molecule has 39 heavy (non-hydrogen) atoms. The van der Waals surface area contributed by atoms with Crippen LogP contribution in [0.3, 0.4) is 0 Å². The molecule has 0 spiro atoms. The molecule has 1 aliphatic rings. The third-order valence-electron chi connectivity index (χ3n) is 6.92. The lowest BCUT2D eigenvalue weighted by Crippen LogP contribution is -2.45. The van der Waals surface area contributed by atoms with Crippen LogP contribution in [0.4, 0.5) is 13.2 Å². The zero-order valence-corrected chi connectivity index (χ0v) is 24.6. The van der Waals surface area contributed by atoms with Gasteiger partial charge in [0.2, 0.25) is 0 Å². The topological polar surface area (TPSA) is 84.3 Å². The molecule has 0 amide bonds. The van der Waals surface area contributed by atoms with Crippen molar-refractivity contribution >= 4 is 48.3 Å². The molecular weight excluding hydrogens is 621 g/mol. The van der Waals surface area contributed by atoms with E-state index in [9.17, 15) is 26.4 Å².